The number of hydrogen-bond donors (Lipinski definition) is 2. The van der Waals surface area contributed by atoms with E-state index < -0.39 is 5.97 Å². The molecule has 4 nitrogen and oxygen atoms in total. The second-order valence-corrected chi connectivity index (χ2v) is 4.69. The van der Waals surface area contributed by atoms with Crippen LogP contribution >= 0.6 is 11.8 Å². The Morgan fingerprint density at radius 2 is 2.40 bits per heavy atom. The van der Waals surface area contributed by atoms with Gasteiger partial charge < -0.3 is 10.8 Å². The van der Waals surface area contributed by atoms with Gasteiger partial charge in [0.15, 0.2) is 0 Å². The van der Waals surface area contributed by atoms with Gasteiger partial charge >= 0.3 is 5.97 Å². The van der Waals surface area contributed by atoms with Crippen molar-refractivity contribution in [2.24, 2.45) is 0 Å². The number of carboxylic acids is 1. The van der Waals surface area contributed by atoms with Gasteiger partial charge in [-0.25, -0.2) is 9.78 Å². The standard InChI is InChI=1S/C10H14N2O2S/c1-3-6(2)15-9-8(10(13)14)4-7(11)5-12-9/h4-6H,3,11H2,1-2H3,(H,13,14). The average molecular weight is 226 g/mol. The number of rotatable bonds is 4. The molecule has 0 bridgehead atoms. The molecule has 0 aromatic carbocycles. The number of aromatic carboxylic acids is 1. The first-order valence-electron chi connectivity index (χ1n) is 4.70. The molecule has 1 heterocycles. The zero-order chi connectivity index (χ0) is 11.4. The molecule has 0 radical (unpaired) electrons. The van der Waals surface area contributed by atoms with E-state index in [0.717, 1.165) is 6.42 Å². The van der Waals surface area contributed by atoms with E-state index in [-0.39, 0.29) is 5.56 Å². The lowest BCUT2D eigenvalue weighted by molar-refractivity contribution is 0.0692. The predicted octanol–water partition coefficient (Wildman–Crippen LogP) is 2.25. The molecule has 0 fully saturated rings. The summed E-state index contributed by atoms with van der Waals surface area (Å²) in [6, 6.07) is 1.44. The predicted molar refractivity (Wildman–Crippen MR) is 61.2 cm³/mol. The molecule has 0 amide bonds. The number of carboxylic acid groups (broad SMARTS) is 1. The molecule has 15 heavy (non-hydrogen) atoms. The normalized spacial score (nSPS) is 12.4. The monoisotopic (exact) mass is 226 g/mol. The lowest BCUT2D eigenvalue weighted by Gasteiger charge is -2.09. The van der Waals surface area contributed by atoms with E-state index >= 15 is 0 Å². The van der Waals surface area contributed by atoms with Crippen molar-refractivity contribution in [3.8, 4) is 0 Å². The molecule has 1 unspecified atom stereocenters. The number of pyridine rings is 1. The second-order valence-electron chi connectivity index (χ2n) is 3.26. The maximum atomic E-state index is 10.9. The van der Waals surface area contributed by atoms with Crippen LogP contribution in [0, 0.1) is 0 Å². The Kier molecular flexibility index (Phi) is 3.96. The van der Waals surface area contributed by atoms with Crippen LogP contribution < -0.4 is 5.73 Å². The number of nitrogen functional groups attached to an aromatic ring is 1. The highest BCUT2D eigenvalue weighted by Gasteiger charge is 2.14. The van der Waals surface area contributed by atoms with E-state index in [1.54, 1.807) is 0 Å². The van der Waals surface area contributed by atoms with E-state index in [0.29, 0.717) is 16.0 Å². The maximum Gasteiger partial charge on any atom is 0.338 e. The van der Waals surface area contributed by atoms with Gasteiger partial charge in [-0.3, -0.25) is 0 Å². The van der Waals surface area contributed by atoms with E-state index in [2.05, 4.69) is 11.9 Å². The molecule has 5 heteroatoms. The van der Waals surface area contributed by atoms with Gasteiger partial charge in [0.25, 0.3) is 0 Å². The summed E-state index contributed by atoms with van der Waals surface area (Å²) in [7, 11) is 0. The third kappa shape index (κ3) is 3.13. The number of hydrogen-bond acceptors (Lipinski definition) is 4. The molecule has 1 atom stereocenters. The van der Waals surface area contributed by atoms with Gasteiger partial charge in [0.05, 0.1) is 17.4 Å². The van der Waals surface area contributed by atoms with Crippen molar-refractivity contribution in [1.29, 1.82) is 0 Å². The first-order valence-corrected chi connectivity index (χ1v) is 5.58. The fourth-order valence-electron chi connectivity index (χ4n) is 0.989. The van der Waals surface area contributed by atoms with Gasteiger partial charge in [-0.05, 0) is 12.5 Å². The zero-order valence-electron chi connectivity index (χ0n) is 8.73. The van der Waals surface area contributed by atoms with Crippen LogP contribution in [0.5, 0.6) is 0 Å². The molecule has 0 saturated carbocycles. The highest BCUT2D eigenvalue weighted by molar-refractivity contribution is 7.99. The lowest BCUT2D eigenvalue weighted by Crippen LogP contribution is -2.04. The largest absolute Gasteiger partial charge is 0.478 e. The van der Waals surface area contributed by atoms with Crippen LogP contribution in [0.15, 0.2) is 17.3 Å². The van der Waals surface area contributed by atoms with Crippen LogP contribution in [0.2, 0.25) is 0 Å². The number of nitrogens with two attached hydrogens (primary N) is 1. The van der Waals surface area contributed by atoms with Crippen molar-refractivity contribution >= 4 is 23.4 Å². The summed E-state index contributed by atoms with van der Waals surface area (Å²) in [6.45, 7) is 4.09. The minimum atomic E-state index is -0.986. The van der Waals surface area contributed by atoms with Crippen LogP contribution in [0.25, 0.3) is 0 Å². The van der Waals surface area contributed by atoms with Crippen molar-refractivity contribution in [2.45, 2.75) is 30.5 Å². The Balaban J connectivity index is 3.01. The smallest absolute Gasteiger partial charge is 0.338 e. The van der Waals surface area contributed by atoms with Crippen LogP contribution in [0.1, 0.15) is 30.6 Å². The quantitative estimate of drug-likeness (QED) is 0.770. The molecule has 0 aliphatic carbocycles. The summed E-state index contributed by atoms with van der Waals surface area (Å²) in [6.07, 6.45) is 2.45. The molecule has 1 rings (SSSR count). The Morgan fingerprint density at radius 3 is 2.93 bits per heavy atom. The number of nitrogens with zero attached hydrogens (tertiary/aromatic N) is 1. The van der Waals surface area contributed by atoms with Crippen LogP contribution in [-0.4, -0.2) is 21.3 Å². The molecular formula is C10H14N2O2S. The molecular weight excluding hydrogens is 212 g/mol. The van der Waals surface area contributed by atoms with Gasteiger partial charge in [-0.1, -0.05) is 13.8 Å². The number of aromatic nitrogens is 1. The maximum absolute atomic E-state index is 10.9. The van der Waals surface area contributed by atoms with Gasteiger partial charge in [-0.2, -0.15) is 0 Å². The summed E-state index contributed by atoms with van der Waals surface area (Å²) in [5, 5.41) is 9.85. The van der Waals surface area contributed by atoms with Crippen molar-refractivity contribution < 1.29 is 9.90 Å². The minimum Gasteiger partial charge on any atom is -0.478 e. The number of anilines is 1. The van der Waals surface area contributed by atoms with Crippen molar-refractivity contribution in [1.82, 2.24) is 4.98 Å². The highest BCUT2D eigenvalue weighted by atomic mass is 32.2. The summed E-state index contributed by atoms with van der Waals surface area (Å²) in [4.78, 5) is 15.0. The number of carbonyl (C=O) groups is 1. The molecule has 82 valence electrons. The Labute approximate surface area is 92.9 Å². The van der Waals surface area contributed by atoms with Crippen molar-refractivity contribution in [2.75, 3.05) is 5.73 Å². The molecule has 0 saturated heterocycles. The van der Waals surface area contributed by atoms with E-state index in [9.17, 15) is 4.79 Å². The Morgan fingerprint density at radius 1 is 1.73 bits per heavy atom. The topological polar surface area (TPSA) is 76.2 Å². The van der Waals surface area contributed by atoms with E-state index in [1.807, 2.05) is 6.92 Å². The molecule has 0 aliphatic rings. The third-order valence-electron chi connectivity index (χ3n) is 1.99. The first-order chi connectivity index (χ1) is 7.04. The molecule has 1 aromatic rings. The second kappa shape index (κ2) is 5.02. The zero-order valence-corrected chi connectivity index (χ0v) is 9.54. The molecule has 1 aromatic heterocycles. The fraction of sp³-hybridized carbons (Fsp3) is 0.400. The van der Waals surface area contributed by atoms with Crippen molar-refractivity contribution in [3.05, 3.63) is 17.8 Å². The van der Waals surface area contributed by atoms with Crippen LogP contribution in [0.3, 0.4) is 0 Å². The first kappa shape index (κ1) is 11.8. The summed E-state index contributed by atoms with van der Waals surface area (Å²) in [5.41, 5.74) is 6.05. The van der Waals surface area contributed by atoms with E-state index in [1.165, 1.54) is 24.0 Å². The molecule has 0 spiro atoms. The average Bonchev–Trinajstić information content (AvgIpc) is 2.20. The summed E-state index contributed by atoms with van der Waals surface area (Å²) < 4.78 is 0. The van der Waals surface area contributed by atoms with Crippen LogP contribution in [0.4, 0.5) is 5.69 Å². The lowest BCUT2D eigenvalue weighted by atomic mass is 10.3. The number of thioether (sulfide) groups is 1. The van der Waals surface area contributed by atoms with Gasteiger partial charge in [-0.15, -0.1) is 11.8 Å². The molecule has 3 N–H and O–H groups in total. The SMILES string of the molecule is CCC(C)Sc1ncc(N)cc1C(=O)O. The molecule has 0 aliphatic heterocycles. The van der Waals surface area contributed by atoms with Crippen LogP contribution in [-0.2, 0) is 0 Å². The fourth-order valence-corrected chi connectivity index (χ4v) is 1.92. The van der Waals surface area contributed by atoms with E-state index in [4.69, 9.17) is 10.8 Å². The highest BCUT2D eigenvalue weighted by Crippen LogP contribution is 2.27. The van der Waals surface area contributed by atoms with Gasteiger partial charge in [0, 0.05) is 5.25 Å². The van der Waals surface area contributed by atoms with Crippen molar-refractivity contribution in [3.63, 3.8) is 0 Å². The Hall–Kier alpha value is -1.23. The van der Waals surface area contributed by atoms with Gasteiger partial charge in [0.1, 0.15) is 5.03 Å². The summed E-state index contributed by atoms with van der Waals surface area (Å²) in [5.74, 6) is -0.986. The third-order valence-corrected chi connectivity index (χ3v) is 3.27. The summed E-state index contributed by atoms with van der Waals surface area (Å²) >= 11 is 1.46. The Bertz CT molecular complexity index is 368. The van der Waals surface area contributed by atoms with Gasteiger partial charge in [0.2, 0.25) is 0 Å². The minimum absolute atomic E-state index is 0.181.